The standard InChI is InChI=1S/C23H27NO3/c1-3-18-4-6-19(7-5-18)8-10-22(25)20-9-11-23(26-2)21(16-20)17-24-12-14-27-15-13-24/h4-11,16H,3,12-15,17H2,1-2H3/b10-8+. The predicted octanol–water partition coefficient (Wildman–Crippen LogP) is 3.99. The third-order valence-electron chi connectivity index (χ3n) is 4.88. The van der Waals surface area contributed by atoms with Crippen molar-refractivity contribution >= 4 is 11.9 Å². The number of methoxy groups -OCH3 is 1. The molecule has 0 spiro atoms. The molecule has 1 aliphatic heterocycles. The van der Waals surface area contributed by atoms with Gasteiger partial charge in [0.15, 0.2) is 5.78 Å². The smallest absolute Gasteiger partial charge is 0.185 e. The van der Waals surface area contributed by atoms with Crippen LogP contribution in [0.4, 0.5) is 0 Å². The first-order chi connectivity index (χ1) is 13.2. The van der Waals surface area contributed by atoms with Gasteiger partial charge in [-0.3, -0.25) is 9.69 Å². The lowest BCUT2D eigenvalue weighted by Crippen LogP contribution is -2.35. The van der Waals surface area contributed by atoms with E-state index in [9.17, 15) is 4.79 Å². The SMILES string of the molecule is CCc1ccc(/C=C/C(=O)c2ccc(OC)c(CN3CCOCC3)c2)cc1. The molecule has 0 amide bonds. The summed E-state index contributed by atoms with van der Waals surface area (Å²) in [5, 5.41) is 0. The van der Waals surface area contributed by atoms with Crippen LogP contribution in [0.25, 0.3) is 6.08 Å². The first kappa shape index (κ1) is 19.3. The lowest BCUT2D eigenvalue weighted by molar-refractivity contribution is 0.0338. The normalized spacial score (nSPS) is 15.2. The largest absolute Gasteiger partial charge is 0.496 e. The third-order valence-corrected chi connectivity index (χ3v) is 4.88. The molecule has 2 aromatic rings. The zero-order chi connectivity index (χ0) is 19.1. The number of benzene rings is 2. The number of ether oxygens (including phenoxy) is 2. The molecule has 0 aliphatic carbocycles. The van der Waals surface area contributed by atoms with Gasteiger partial charge in [-0.25, -0.2) is 0 Å². The maximum Gasteiger partial charge on any atom is 0.185 e. The van der Waals surface area contributed by atoms with Crippen molar-refractivity contribution in [3.05, 3.63) is 70.8 Å². The van der Waals surface area contributed by atoms with Gasteiger partial charge in [0.05, 0.1) is 20.3 Å². The van der Waals surface area contributed by atoms with Crippen LogP contribution in [0.1, 0.15) is 34.0 Å². The molecule has 4 heteroatoms. The topological polar surface area (TPSA) is 38.8 Å². The fraction of sp³-hybridized carbons (Fsp3) is 0.348. The van der Waals surface area contributed by atoms with E-state index in [-0.39, 0.29) is 5.78 Å². The zero-order valence-electron chi connectivity index (χ0n) is 16.1. The van der Waals surface area contributed by atoms with Crippen molar-refractivity contribution in [2.75, 3.05) is 33.4 Å². The van der Waals surface area contributed by atoms with Gasteiger partial charge in [-0.15, -0.1) is 0 Å². The summed E-state index contributed by atoms with van der Waals surface area (Å²) < 4.78 is 10.9. The van der Waals surface area contributed by atoms with E-state index in [0.29, 0.717) is 5.56 Å². The Bertz CT molecular complexity index is 790. The van der Waals surface area contributed by atoms with Crippen molar-refractivity contribution in [1.82, 2.24) is 4.90 Å². The molecule has 1 heterocycles. The second-order valence-electron chi connectivity index (χ2n) is 6.71. The van der Waals surface area contributed by atoms with Crippen LogP contribution in [0.3, 0.4) is 0 Å². The molecule has 1 saturated heterocycles. The quantitative estimate of drug-likeness (QED) is 0.549. The van der Waals surface area contributed by atoms with Gasteiger partial charge in [0.1, 0.15) is 5.75 Å². The van der Waals surface area contributed by atoms with Gasteiger partial charge in [0.2, 0.25) is 0 Å². The minimum absolute atomic E-state index is 0.000415. The maximum atomic E-state index is 12.6. The highest BCUT2D eigenvalue weighted by Crippen LogP contribution is 2.23. The van der Waals surface area contributed by atoms with Gasteiger partial charge < -0.3 is 9.47 Å². The van der Waals surface area contributed by atoms with Crippen molar-refractivity contribution in [3.8, 4) is 5.75 Å². The molecule has 142 valence electrons. The highest BCUT2D eigenvalue weighted by atomic mass is 16.5. The van der Waals surface area contributed by atoms with Crippen LogP contribution < -0.4 is 4.74 Å². The summed E-state index contributed by atoms with van der Waals surface area (Å²) in [5.74, 6) is 0.817. The number of nitrogens with zero attached hydrogens (tertiary/aromatic N) is 1. The van der Waals surface area contributed by atoms with Crippen molar-refractivity contribution in [2.24, 2.45) is 0 Å². The number of aryl methyl sites for hydroxylation is 1. The molecule has 1 fully saturated rings. The third kappa shape index (κ3) is 5.28. The number of rotatable bonds is 7. The Morgan fingerprint density at radius 3 is 2.56 bits per heavy atom. The van der Waals surface area contributed by atoms with Crippen molar-refractivity contribution < 1.29 is 14.3 Å². The van der Waals surface area contributed by atoms with Gasteiger partial charge in [-0.2, -0.15) is 0 Å². The first-order valence-electron chi connectivity index (χ1n) is 9.48. The van der Waals surface area contributed by atoms with E-state index in [4.69, 9.17) is 9.47 Å². The Balaban J connectivity index is 1.73. The predicted molar refractivity (Wildman–Crippen MR) is 108 cm³/mol. The molecule has 2 aromatic carbocycles. The van der Waals surface area contributed by atoms with Gasteiger partial charge in [-0.05, 0) is 41.8 Å². The molecular weight excluding hydrogens is 338 g/mol. The summed E-state index contributed by atoms with van der Waals surface area (Å²) in [7, 11) is 1.67. The monoisotopic (exact) mass is 365 g/mol. The molecule has 0 N–H and O–H groups in total. The van der Waals surface area contributed by atoms with Crippen LogP contribution in [0.15, 0.2) is 48.5 Å². The van der Waals surface area contributed by atoms with Gasteiger partial charge in [0, 0.05) is 30.8 Å². The van der Waals surface area contributed by atoms with Crippen molar-refractivity contribution in [2.45, 2.75) is 19.9 Å². The number of hydrogen-bond acceptors (Lipinski definition) is 4. The van der Waals surface area contributed by atoms with Crippen LogP contribution >= 0.6 is 0 Å². The summed E-state index contributed by atoms with van der Waals surface area (Å²) in [4.78, 5) is 14.9. The van der Waals surface area contributed by atoms with Crippen LogP contribution in [-0.4, -0.2) is 44.1 Å². The molecule has 0 atom stereocenters. The summed E-state index contributed by atoms with van der Waals surface area (Å²) in [6.07, 6.45) is 4.52. The molecular formula is C23H27NO3. The minimum atomic E-state index is 0.000415. The average molecular weight is 365 g/mol. The van der Waals surface area contributed by atoms with E-state index in [2.05, 4.69) is 24.0 Å². The second-order valence-corrected chi connectivity index (χ2v) is 6.71. The molecule has 0 unspecified atom stereocenters. The molecule has 1 aliphatic rings. The first-order valence-corrected chi connectivity index (χ1v) is 9.48. The summed E-state index contributed by atoms with van der Waals surface area (Å²) in [6, 6.07) is 13.9. The molecule has 3 rings (SSSR count). The van der Waals surface area contributed by atoms with E-state index in [1.165, 1.54) is 5.56 Å². The van der Waals surface area contributed by atoms with Gasteiger partial charge >= 0.3 is 0 Å². The lowest BCUT2D eigenvalue weighted by Gasteiger charge is -2.27. The van der Waals surface area contributed by atoms with E-state index < -0.39 is 0 Å². The molecule has 4 nitrogen and oxygen atoms in total. The minimum Gasteiger partial charge on any atom is -0.496 e. The number of ketones is 1. The summed E-state index contributed by atoms with van der Waals surface area (Å²) >= 11 is 0. The Labute approximate surface area is 161 Å². The van der Waals surface area contributed by atoms with Crippen molar-refractivity contribution in [3.63, 3.8) is 0 Å². The zero-order valence-corrected chi connectivity index (χ0v) is 16.1. The van der Waals surface area contributed by atoms with Gasteiger partial charge in [0.25, 0.3) is 0 Å². The highest BCUT2D eigenvalue weighted by Gasteiger charge is 2.15. The molecule has 27 heavy (non-hydrogen) atoms. The fourth-order valence-corrected chi connectivity index (χ4v) is 3.19. The highest BCUT2D eigenvalue weighted by molar-refractivity contribution is 6.07. The van der Waals surface area contributed by atoms with E-state index in [1.807, 2.05) is 36.4 Å². The number of hydrogen-bond donors (Lipinski definition) is 0. The maximum absolute atomic E-state index is 12.6. The number of allylic oxidation sites excluding steroid dienone is 1. The average Bonchev–Trinajstić information content (AvgIpc) is 2.73. The Morgan fingerprint density at radius 1 is 1.15 bits per heavy atom. The second kappa shape index (κ2) is 9.49. The van der Waals surface area contributed by atoms with E-state index in [0.717, 1.165) is 56.1 Å². The Hall–Kier alpha value is -2.43. The van der Waals surface area contributed by atoms with E-state index >= 15 is 0 Å². The van der Waals surface area contributed by atoms with Crippen LogP contribution in [-0.2, 0) is 17.7 Å². The van der Waals surface area contributed by atoms with Crippen LogP contribution in [0.5, 0.6) is 5.75 Å². The molecule has 0 radical (unpaired) electrons. The van der Waals surface area contributed by atoms with Crippen LogP contribution in [0.2, 0.25) is 0 Å². The molecule has 0 aromatic heterocycles. The molecule has 0 bridgehead atoms. The summed E-state index contributed by atoms with van der Waals surface area (Å²) in [5.41, 5.74) is 4.04. The number of morpholine rings is 1. The Kier molecular flexibility index (Phi) is 6.80. The Morgan fingerprint density at radius 2 is 1.89 bits per heavy atom. The number of carbonyl (C=O) groups excluding carboxylic acids is 1. The fourth-order valence-electron chi connectivity index (χ4n) is 3.19. The molecule has 0 saturated carbocycles. The van der Waals surface area contributed by atoms with E-state index in [1.54, 1.807) is 13.2 Å². The van der Waals surface area contributed by atoms with Crippen LogP contribution in [0, 0.1) is 0 Å². The summed E-state index contributed by atoms with van der Waals surface area (Å²) in [6.45, 7) is 6.19. The number of carbonyl (C=O) groups is 1. The lowest BCUT2D eigenvalue weighted by atomic mass is 10.0. The van der Waals surface area contributed by atoms with Gasteiger partial charge in [-0.1, -0.05) is 37.3 Å². The van der Waals surface area contributed by atoms with Crippen molar-refractivity contribution in [1.29, 1.82) is 0 Å².